The Kier molecular flexibility index (Phi) is 16.2. The van der Waals surface area contributed by atoms with Crippen molar-refractivity contribution < 1.29 is 41.9 Å². The summed E-state index contributed by atoms with van der Waals surface area (Å²) >= 11 is 0. The summed E-state index contributed by atoms with van der Waals surface area (Å²) in [6.07, 6.45) is 5.60. The Morgan fingerprint density at radius 2 is 1.21 bits per heavy atom. The predicted octanol–water partition coefficient (Wildman–Crippen LogP) is 3.07. The number of hydrogen-bond donors (Lipinski definition) is 0. The van der Waals surface area contributed by atoms with Crippen LogP contribution in [0.15, 0.2) is 89.9 Å². The third kappa shape index (κ3) is 9.89. The summed E-state index contributed by atoms with van der Waals surface area (Å²) < 4.78 is 0. The molecule has 0 atom stereocenters. The van der Waals surface area contributed by atoms with Crippen LogP contribution < -0.4 is 24.8 Å². The number of allylic oxidation sites excluding steroid dienone is 2. The molecule has 0 fully saturated rings. The minimum absolute atomic E-state index is 0. The molecule has 0 radical (unpaired) electrons. The van der Waals surface area contributed by atoms with Crippen molar-refractivity contribution in [2.24, 2.45) is 9.98 Å². The minimum Gasteiger partial charge on any atom is -1.00 e. The zero-order valence-corrected chi connectivity index (χ0v) is 26.4. The molecule has 2 aromatic carbocycles. The minimum atomic E-state index is 0. The van der Waals surface area contributed by atoms with Gasteiger partial charge in [-0.1, -0.05) is 70.2 Å². The van der Waals surface area contributed by atoms with Gasteiger partial charge in [0.15, 0.2) is 0 Å². The quantitative estimate of drug-likeness (QED) is 0.199. The molecule has 6 heteroatoms. The maximum Gasteiger partial charge on any atom is 2.00 e. The van der Waals surface area contributed by atoms with Crippen molar-refractivity contribution in [3.63, 3.8) is 0 Å². The summed E-state index contributed by atoms with van der Waals surface area (Å²) in [5, 5.41) is 0. The monoisotopic (exact) mass is 603 g/mol. The van der Waals surface area contributed by atoms with Gasteiger partial charge in [0, 0.05) is 0 Å². The average molecular weight is 604 g/mol. The van der Waals surface area contributed by atoms with Gasteiger partial charge in [-0.25, -0.2) is 4.98 Å². The molecule has 0 amide bonds. The predicted molar refractivity (Wildman–Crippen MR) is 157 cm³/mol. The van der Waals surface area contributed by atoms with Gasteiger partial charge in [0.05, 0.1) is 34.2 Å². The van der Waals surface area contributed by atoms with E-state index in [1.165, 1.54) is 22.3 Å². The molecule has 1 aromatic heterocycles. The smallest absolute Gasteiger partial charge is 1.00 e. The fourth-order valence-electron chi connectivity index (χ4n) is 4.23. The maximum absolute atomic E-state index is 5.16. The zero-order chi connectivity index (χ0) is 26.2. The van der Waals surface area contributed by atoms with Crippen LogP contribution in [0.1, 0.15) is 87.0 Å². The molecule has 0 N–H and O–H groups in total. The van der Waals surface area contributed by atoms with Crippen molar-refractivity contribution in [1.29, 1.82) is 0 Å². The molecule has 3 aromatic rings. The summed E-state index contributed by atoms with van der Waals surface area (Å²) in [5.41, 5.74) is 10.5. The Balaban J connectivity index is 0.00000481. The van der Waals surface area contributed by atoms with E-state index in [2.05, 4.69) is 65.1 Å². The van der Waals surface area contributed by atoms with Crippen LogP contribution in [0.3, 0.4) is 0 Å². The van der Waals surface area contributed by atoms with Crippen molar-refractivity contribution in [1.82, 2.24) is 4.98 Å². The maximum atomic E-state index is 5.16. The van der Waals surface area contributed by atoms with E-state index in [4.69, 9.17) is 15.0 Å². The van der Waals surface area contributed by atoms with E-state index in [1.54, 1.807) is 0 Å². The van der Waals surface area contributed by atoms with Gasteiger partial charge in [0.2, 0.25) is 0 Å². The molecule has 0 bridgehead atoms. The largest absolute Gasteiger partial charge is 2.00 e. The Morgan fingerprint density at radius 1 is 0.744 bits per heavy atom. The fraction of sp³-hybridized carbons (Fsp3) is 0.303. The van der Waals surface area contributed by atoms with Crippen LogP contribution in [0, 0.1) is 0 Å². The van der Waals surface area contributed by atoms with Crippen LogP contribution in [0.4, 0.5) is 11.4 Å². The Bertz CT molecular complexity index is 1260. The van der Waals surface area contributed by atoms with Crippen LogP contribution in [0.5, 0.6) is 0 Å². The first-order chi connectivity index (χ1) is 17.2. The number of benzene rings is 2. The molecular formula is C33H39Cl2FeN3. The second kappa shape index (κ2) is 17.3. The van der Waals surface area contributed by atoms with E-state index in [1.807, 2.05) is 56.3 Å². The third-order valence-electron chi connectivity index (χ3n) is 6.24. The molecule has 0 saturated carbocycles. The van der Waals surface area contributed by atoms with Gasteiger partial charge in [0.25, 0.3) is 0 Å². The molecule has 1 heterocycles. The van der Waals surface area contributed by atoms with Gasteiger partial charge in [-0.05, 0) is 85.0 Å². The SMILES string of the molecule is C=CCc1ccc(/N=C(/C)c2cccc(/C(C)=N\c3c(C(C)C)cc(CC=C)cc3C(C)C)n2)cc1.[Cl-].[Cl-].[Fe+2]. The van der Waals surface area contributed by atoms with Crippen LogP contribution >= 0.6 is 0 Å². The van der Waals surface area contributed by atoms with Gasteiger partial charge in [-0.2, -0.15) is 0 Å². The summed E-state index contributed by atoms with van der Waals surface area (Å²) in [7, 11) is 0. The number of aromatic nitrogens is 1. The van der Waals surface area contributed by atoms with E-state index in [-0.39, 0.29) is 41.9 Å². The molecular weight excluding hydrogens is 565 g/mol. The topological polar surface area (TPSA) is 37.6 Å². The number of aliphatic imine (C=N–C) groups is 2. The number of rotatable bonds is 10. The number of halogens is 2. The van der Waals surface area contributed by atoms with Gasteiger partial charge >= 0.3 is 17.1 Å². The van der Waals surface area contributed by atoms with Crippen LogP contribution in [-0.2, 0) is 29.9 Å². The molecule has 3 nitrogen and oxygen atoms in total. The first-order valence-electron chi connectivity index (χ1n) is 12.8. The van der Waals surface area contributed by atoms with Crippen LogP contribution in [0.25, 0.3) is 0 Å². The van der Waals surface area contributed by atoms with E-state index >= 15 is 0 Å². The Labute approximate surface area is 258 Å². The fourth-order valence-corrected chi connectivity index (χ4v) is 4.23. The normalized spacial score (nSPS) is 11.4. The summed E-state index contributed by atoms with van der Waals surface area (Å²) in [6.45, 7) is 20.7. The second-order valence-corrected chi connectivity index (χ2v) is 9.89. The summed E-state index contributed by atoms with van der Waals surface area (Å²) in [6, 6.07) is 18.9. The van der Waals surface area contributed by atoms with Gasteiger partial charge in [-0.3, -0.25) is 9.98 Å². The molecule has 0 spiro atoms. The average Bonchev–Trinajstić information content (AvgIpc) is 2.86. The van der Waals surface area contributed by atoms with E-state index in [0.717, 1.165) is 47.0 Å². The molecule has 0 aliphatic carbocycles. The van der Waals surface area contributed by atoms with Crippen molar-refractivity contribution in [3.8, 4) is 0 Å². The van der Waals surface area contributed by atoms with Crippen molar-refractivity contribution in [3.05, 3.63) is 114 Å². The Hall–Kier alpha value is -2.49. The van der Waals surface area contributed by atoms with Gasteiger partial charge in [0.1, 0.15) is 0 Å². The second-order valence-electron chi connectivity index (χ2n) is 9.89. The van der Waals surface area contributed by atoms with E-state index < -0.39 is 0 Å². The molecule has 3 rings (SSSR count). The number of pyridine rings is 1. The Morgan fingerprint density at radius 3 is 1.67 bits per heavy atom. The number of hydrogen-bond acceptors (Lipinski definition) is 3. The van der Waals surface area contributed by atoms with Crippen LogP contribution in [0.2, 0.25) is 0 Å². The van der Waals surface area contributed by atoms with Gasteiger partial charge in [-0.15, -0.1) is 13.2 Å². The standard InChI is InChI=1S/C33H39N3.2ClH.Fe/c1-9-12-26-16-18-28(19-17-26)34-24(7)31-14-11-15-32(36-31)25(8)35-33-29(22(3)4)20-27(13-10-2)21-30(33)23(5)6;;;/h9-11,14-23H,1-2,12-13H2,3-8H3;2*1H;/q;;;+2/p-2/b34-24-,35-25-;;;. The number of nitrogens with zero attached hydrogens (tertiary/aromatic N) is 3. The zero-order valence-electron chi connectivity index (χ0n) is 23.8. The summed E-state index contributed by atoms with van der Waals surface area (Å²) in [4.78, 5) is 14.9. The van der Waals surface area contributed by atoms with E-state index in [0.29, 0.717) is 11.8 Å². The van der Waals surface area contributed by atoms with Crippen molar-refractivity contribution >= 4 is 22.8 Å². The molecule has 208 valence electrons. The molecule has 0 aliphatic rings. The van der Waals surface area contributed by atoms with Crippen molar-refractivity contribution in [2.45, 2.75) is 66.2 Å². The summed E-state index contributed by atoms with van der Waals surface area (Å²) in [5.74, 6) is 0.732. The van der Waals surface area contributed by atoms with Gasteiger partial charge < -0.3 is 24.8 Å². The van der Waals surface area contributed by atoms with Crippen molar-refractivity contribution in [2.75, 3.05) is 0 Å². The third-order valence-corrected chi connectivity index (χ3v) is 6.24. The van der Waals surface area contributed by atoms with Crippen LogP contribution in [-0.4, -0.2) is 16.4 Å². The molecule has 0 unspecified atom stereocenters. The molecule has 0 aliphatic heterocycles. The first-order valence-corrected chi connectivity index (χ1v) is 12.8. The molecule has 0 saturated heterocycles. The van der Waals surface area contributed by atoms with E-state index in [9.17, 15) is 0 Å². The first kappa shape index (κ1) is 36.5. The molecule has 39 heavy (non-hydrogen) atoms.